The smallest absolute Gasteiger partial charge is 0.234 e. The first-order valence-corrected chi connectivity index (χ1v) is 9.66. The van der Waals surface area contributed by atoms with Gasteiger partial charge in [-0.25, -0.2) is 0 Å². The number of piperidine rings is 1. The molecule has 0 atom stereocenters. The SMILES string of the molecule is CCN1CCC(NC(=O)CN2CCn3nc(C(C)(C)C)cc3C2)CC1. The predicted octanol–water partition coefficient (Wildman–Crippen LogP) is 1.60. The molecule has 1 aromatic heterocycles. The van der Waals surface area contributed by atoms with Crippen LogP contribution in [0.25, 0.3) is 0 Å². The van der Waals surface area contributed by atoms with Gasteiger partial charge in [0.2, 0.25) is 5.91 Å². The largest absolute Gasteiger partial charge is 0.352 e. The molecule has 2 aliphatic rings. The summed E-state index contributed by atoms with van der Waals surface area (Å²) in [6, 6.07) is 2.54. The number of carbonyl (C=O) groups is 1. The second-order valence-corrected chi connectivity index (χ2v) is 8.48. The molecule has 3 heterocycles. The highest BCUT2D eigenvalue weighted by Crippen LogP contribution is 2.23. The van der Waals surface area contributed by atoms with Crippen LogP contribution in [0.15, 0.2) is 6.07 Å². The average Bonchev–Trinajstić information content (AvgIpc) is 2.99. The second kappa shape index (κ2) is 7.46. The zero-order valence-corrected chi connectivity index (χ0v) is 16.2. The number of fused-ring (bicyclic) bond motifs is 1. The van der Waals surface area contributed by atoms with Gasteiger partial charge in [0, 0.05) is 37.6 Å². The molecule has 0 spiro atoms. The Balaban J connectivity index is 1.49. The number of carbonyl (C=O) groups excluding carboxylic acids is 1. The quantitative estimate of drug-likeness (QED) is 0.899. The number of aromatic nitrogens is 2. The maximum Gasteiger partial charge on any atom is 0.234 e. The molecule has 0 aromatic carbocycles. The molecule has 1 saturated heterocycles. The minimum absolute atomic E-state index is 0.0693. The van der Waals surface area contributed by atoms with Crippen LogP contribution in [0.4, 0.5) is 0 Å². The zero-order chi connectivity index (χ0) is 18.0. The molecule has 6 heteroatoms. The first-order valence-electron chi connectivity index (χ1n) is 9.66. The van der Waals surface area contributed by atoms with E-state index in [0.717, 1.165) is 57.8 Å². The summed E-state index contributed by atoms with van der Waals surface area (Å²) < 4.78 is 2.11. The summed E-state index contributed by atoms with van der Waals surface area (Å²) in [6.45, 7) is 15.1. The van der Waals surface area contributed by atoms with E-state index in [1.165, 1.54) is 5.69 Å². The highest BCUT2D eigenvalue weighted by molar-refractivity contribution is 5.78. The van der Waals surface area contributed by atoms with Gasteiger partial charge in [-0.1, -0.05) is 27.7 Å². The fourth-order valence-corrected chi connectivity index (χ4v) is 3.69. The summed E-state index contributed by atoms with van der Waals surface area (Å²) in [5.41, 5.74) is 2.43. The number of likely N-dealkylation sites (tertiary alicyclic amines) is 1. The summed E-state index contributed by atoms with van der Waals surface area (Å²) in [6.07, 6.45) is 2.14. The van der Waals surface area contributed by atoms with E-state index in [1.54, 1.807) is 0 Å². The lowest BCUT2D eigenvalue weighted by atomic mass is 9.92. The number of rotatable bonds is 4. The van der Waals surface area contributed by atoms with Crippen molar-refractivity contribution in [2.24, 2.45) is 0 Å². The number of amides is 1. The van der Waals surface area contributed by atoms with Crippen LogP contribution < -0.4 is 5.32 Å². The van der Waals surface area contributed by atoms with Crippen LogP contribution in [-0.4, -0.2) is 64.3 Å². The Hall–Kier alpha value is -1.40. The van der Waals surface area contributed by atoms with Crippen LogP contribution in [0.5, 0.6) is 0 Å². The van der Waals surface area contributed by atoms with E-state index >= 15 is 0 Å². The van der Waals surface area contributed by atoms with E-state index in [-0.39, 0.29) is 11.3 Å². The van der Waals surface area contributed by atoms with Gasteiger partial charge in [0.05, 0.1) is 24.5 Å². The highest BCUT2D eigenvalue weighted by Gasteiger charge is 2.25. The van der Waals surface area contributed by atoms with E-state index in [0.29, 0.717) is 12.6 Å². The van der Waals surface area contributed by atoms with Crippen molar-refractivity contribution in [2.75, 3.05) is 32.7 Å². The highest BCUT2D eigenvalue weighted by atomic mass is 16.2. The molecule has 0 radical (unpaired) electrons. The lowest BCUT2D eigenvalue weighted by Gasteiger charge is -2.32. The van der Waals surface area contributed by atoms with Gasteiger partial charge in [-0.05, 0) is 25.5 Å². The van der Waals surface area contributed by atoms with Crippen LogP contribution in [0.1, 0.15) is 51.9 Å². The lowest BCUT2D eigenvalue weighted by Crippen LogP contribution is -2.48. The van der Waals surface area contributed by atoms with E-state index < -0.39 is 0 Å². The minimum atomic E-state index is 0.0693. The van der Waals surface area contributed by atoms with E-state index in [4.69, 9.17) is 5.10 Å². The van der Waals surface area contributed by atoms with Gasteiger partial charge in [0.15, 0.2) is 0 Å². The normalized spacial score (nSPS) is 20.5. The second-order valence-electron chi connectivity index (χ2n) is 8.48. The van der Waals surface area contributed by atoms with Crippen molar-refractivity contribution in [1.82, 2.24) is 24.9 Å². The molecule has 140 valence electrons. The Morgan fingerprint density at radius 3 is 2.56 bits per heavy atom. The third-order valence-corrected chi connectivity index (χ3v) is 5.41. The van der Waals surface area contributed by atoms with Crippen molar-refractivity contribution in [1.29, 1.82) is 0 Å². The summed E-state index contributed by atoms with van der Waals surface area (Å²) >= 11 is 0. The Morgan fingerprint density at radius 1 is 1.20 bits per heavy atom. The molecular formula is C19H33N5O. The van der Waals surface area contributed by atoms with Gasteiger partial charge in [-0.15, -0.1) is 0 Å². The predicted molar refractivity (Wildman–Crippen MR) is 99.5 cm³/mol. The van der Waals surface area contributed by atoms with Crippen LogP contribution in [0.3, 0.4) is 0 Å². The van der Waals surface area contributed by atoms with Crippen molar-refractivity contribution >= 4 is 5.91 Å². The Bertz CT molecular complexity index is 595. The fourth-order valence-electron chi connectivity index (χ4n) is 3.69. The van der Waals surface area contributed by atoms with Crippen LogP contribution in [0.2, 0.25) is 0 Å². The van der Waals surface area contributed by atoms with Crippen molar-refractivity contribution in [3.63, 3.8) is 0 Å². The summed E-state index contributed by atoms with van der Waals surface area (Å²) in [7, 11) is 0. The molecule has 1 fully saturated rings. The van der Waals surface area contributed by atoms with E-state index in [2.05, 4.69) is 53.6 Å². The maximum absolute atomic E-state index is 12.4. The lowest BCUT2D eigenvalue weighted by molar-refractivity contribution is -0.123. The monoisotopic (exact) mass is 347 g/mol. The molecule has 0 bridgehead atoms. The molecule has 0 aliphatic carbocycles. The van der Waals surface area contributed by atoms with Crippen molar-refractivity contribution in [3.8, 4) is 0 Å². The average molecular weight is 348 g/mol. The molecular weight excluding hydrogens is 314 g/mol. The third-order valence-electron chi connectivity index (χ3n) is 5.41. The molecule has 1 aromatic rings. The number of nitrogens with zero attached hydrogens (tertiary/aromatic N) is 4. The standard InChI is InChI=1S/C19H33N5O/c1-5-22-8-6-15(7-9-22)20-18(25)14-23-10-11-24-16(13-23)12-17(21-24)19(2,3)4/h12,15H,5-11,13-14H2,1-4H3,(H,20,25). The fraction of sp³-hybridized carbons (Fsp3) is 0.789. The maximum atomic E-state index is 12.4. The summed E-state index contributed by atoms with van der Waals surface area (Å²) in [5, 5.41) is 7.96. The first-order chi connectivity index (χ1) is 11.8. The minimum Gasteiger partial charge on any atom is -0.352 e. The molecule has 0 saturated carbocycles. The number of hydrogen-bond acceptors (Lipinski definition) is 4. The van der Waals surface area contributed by atoms with Gasteiger partial charge in [-0.2, -0.15) is 5.10 Å². The van der Waals surface area contributed by atoms with Gasteiger partial charge >= 0.3 is 0 Å². The topological polar surface area (TPSA) is 53.4 Å². The Kier molecular flexibility index (Phi) is 5.49. The summed E-state index contributed by atoms with van der Waals surface area (Å²) in [4.78, 5) is 17.1. The molecule has 0 unspecified atom stereocenters. The van der Waals surface area contributed by atoms with Gasteiger partial charge < -0.3 is 10.2 Å². The van der Waals surface area contributed by atoms with Crippen molar-refractivity contribution in [3.05, 3.63) is 17.5 Å². The van der Waals surface area contributed by atoms with Crippen molar-refractivity contribution in [2.45, 2.75) is 65.1 Å². The molecule has 25 heavy (non-hydrogen) atoms. The van der Waals surface area contributed by atoms with E-state index in [9.17, 15) is 4.79 Å². The van der Waals surface area contributed by atoms with E-state index in [1.807, 2.05) is 0 Å². The molecule has 6 nitrogen and oxygen atoms in total. The zero-order valence-electron chi connectivity index (χ0n) is 16.2. The molecule has 1 N–H and O–H groups in total. The van der Waals surface area contributed by atoms with Gasteiger partial charge in [0.25, 0.3) is 0 Å². The van der Waals surface area contributed by atoms with Crippen LogP contribution in [0, 0.1) is 0 Å². The third kappa shape index (κ3) is 4.61. The summed E-state index contributed by atoms with van der Waals surface area (Å²) in [5.74, 6) is 0.166. The van der Waals surface area contributed by atoms with Crippen LogP contribution in [-0.2, 0) is 23.3 Å². The van der Waals surface area contributed by atoms with Gasteiger partial charge in [-0.3, -0.25) is 14.4 Å². The van der Waals surface area contributed by atoms with Gasteiger partial charge in [0.1, 0.15) is 0 Å². The first kappa shape index (κ1) is 18.4. The number of hydrogen-bond donors (Lipinski definition) is 1. The Morgan fingerprint density at radius 2 is 1.92 bits per heavy atom. The van der Waals surface area contributed by atoms with Crippen LogP contribution >= 0.6 is 0 Å². The molecule has 2 aliphatic heterocycles. The molecule has 3 rings (SSSR count). The molecule has 1 amide bonds. The van der Waals surface area contributed by atoms with Crippen molar-refractivity contribution < 1.29 is 4.79 Å². The number of nitrogens with one attached hydrogen (secondary N) is 1. The Labute approximate surface area is 151 Å².